The van der Waals surface area contributed by atoms with Gasteiger partial charge in [-0.1, -0.05) is 29.8 Å². The van der Waals surface area contributed by atoms with Gasteiger partial charge < -0.3 is 21.8 Å². The van der Waals surface area contributed by atoms with Gasteiger partial charge in [0.25, 0.3) is 6.47 Å². The van der Waals surface area contributed by atoms with Crippen LogP contribution in [0.25, 0.3) is 0 Å². The molecule has 1 aromatic rings. The van der Waals surface area contributed by atoms with Crippen LogP contribution in [-0.4, -0.2) is 65.0 Å². The predicted molar refractivity (Wildman–Crippen MR) is 236 cm³/mol. The molecule has 0 radical (unpaired) electrons. The van der Waals surface area contributed by atoms with Gasteiger partial charge in [-0.05, 0) is 241 Å². The zero-order valence-corrected chi connectivity index (χ0v) is 47.9. The van der Waals surface area contributed by atoms with Gasteiger partial charge in [-0.3, -0.25) is 14.4 Å². The molecule has 10 saturated carbocycles. The van der Waals surface area contributed by atoms with Gasteiger partial charge >= 0.3 is 103 Å². The first-order valence-electron chi connectivity index (χ1n) is 25.1. The number of ketones is 2. The Morgan fingerprint density at radius 3 is 1.48 bits per heavy atom. The van der Waals surface area contributed by atoms with E-state index in [1.165, 1.54) is 107 Å². The van der Waals surface area contributed by atoms with Crippen molar-refractivity contribution in [3.63, 3.8) is 0 Å². The first-order chi connectivity index (χ1) is 29.6. The number of fused-ring (bicyclic) bond motifs is 10. The molecule has 10 fully saturated rings. The fraction of sp³-hybridized carbons (Fsp3) is 0.920. The van der Waals surface area contributed by atoms with Crippen molar-refractivity contribution in [1.82, 2.24) is 20.2 Å². The van der Waals surface area contributed by atoms with Crippen molar-refractivity contribution in [2.45, 2.75) is 174 Å². The minimum Gasteiger partial charge on any atom is -1.00 e. The van der Waals surface area contributed by atoms with Gasteiger partial charge in [0, 0.05) is 11.8 Å². The van der Waals surface area contributed by atoms with Crippen molar-refractivity contribution < 1.29 is 139 Å². The van der Waals surface area contributed by atoms with E-state index in [9.17, 15) is 19.8 Å². The van der Waals surface area contributed by atoms with Crippen molar-refractivity contribution in [3.05, 3.63) is 6.33 Å². The monoisotopic (exact) mass is 1000 g/mol. The van der Waals surface area contributed by atoms with E-state index in [2.05, 4.69) is 57.0 Å². The molecule has 348 valence electrons. The van der Waals surface area contributed by atoms with E-state index in [-0.39, 0.29) is 134 Å². The molecule has 0 saturated heterocycles. The predicted octanol–water partition coefficient (Wildman–Crippen LogP) is 2.06. The van der Waals surface area contributed by atoms with Crippen LogP contribution in [0.2, 0.25) is 0 Å². The molecule has 10 aliphatic carbocycles. The van der Waals surface area contributed by atoms with Crippen molar-refractivity contribution >= 4 is 34.0 Å². The second-order valence-electron chi connectivity index (χ2n) is 24.1. The van der Waals surface area contributed by atoms with E-state index < -0.39 is 11.2 Å². The summed E-state index contributed by atoms with van der Waals surface area (Å²) in [5.41, 5.74) is -0.478. The SMILES string of the molecule is C[C@@]1(O)CC[C@H]2[C@H](CC[C@@H]3[C@@H]2CC[C@@]2(C)[C@H]3[C@H](C3CC3)C[C@@H]2C(=O)CBr)C1.C[C@@]1(O)CC[C@H]2[C@H](CC[C@@H]3[C@@H]2CC[C@@]2(C)[C@H]3[C@H](C3CC3)C[C@@H]2C(=O)Cn2ncnn2)C1.O=CO[O-].[H-].[K+].[K+]. The minimum atomic E-state index is -0.450. The fourth-order valence-electron chi connectivity index (χ4n) is 18.1. The molecular weight excluding hydrogens is 927 g/mol. The van der Waals surface area contributed by atoms with Gasteiger partial charge in [-0.2, -0.15) is 4.80 Å². The van der Waals surface area contributed by atoms with Crippen LogP contribution in [0.3, 0.4) is 0 Å². The van der Waals surface area contributed by atoms with Crippen molar-refractivity contribution in [2.75, 3.05) is 5.33 Å². The van der Waals surface area contributed by atoms with E-state index in [4.69, 9.17) is 10.1 Å². The van der Waals surface area contributed by atoms with E-state index in [0.717, 1.165) is 103 Å². The van der Waals surface area contributed by atoms with Crippen LogP contribution in [0, 0.1) is 106 Å². The van der Waals surface area contributed by atoms with E-state index in [1.807, 2.05) is 6.92 Å². The molecule has 1 aromatic heterocycles. The summed E-state index contributed by atoms with van der Waals surface area (Å²) in [5.74, 6) is 12.5. The second-order valence-corrected chi connectivity index (χ2v) is 24.6. The number of halogens is 1. The number of rotatable bonds is 8. The van der Waals surface area contributed by atoms with Crippen LogP contribution in [0.4, 0.5) is 0 Å². The van der Waals surface area contributed by atoms with Crippen LogP contribution < -0.4 is 108 Å². The van der Waals surface area contributed by atoms with Gasteiger partial charge in [-0.15, -0.1) is 10.2 Å². The molecule has 0 unspecified atom stereocenters. The third-order valence-corrected chi connectivity index (χ3v) is 21.2. The third kappa shape index (κ3) is 10.5. The quantitative estimate of drug-likeness (QED) is 0.130. The zero-order valence-electron chi connectivity index (χ0n) is 41.1. The van der Waals surface area contributed by atoms with Crippen LogP contribution in [0.15, 0.2) is 6.33 Å². The maximum absolute atomic E-state index is 13.5. The number of hydrogen-bond donors (Lipinski definition) is 2. The summed E-state index contributed by atoms with van der Waals surface area (Å²) in [6, 6.07) is 0. The molecule has 0 aliphatic heterocycles. The van der Waals surface area contributed by atoms with Crippen molar-refractivity contribution in [2.24, 2.45) is 106 Å². The molecule has 11 nitrogen and oxygen atoms in total. The number of alkyl halides is 1. The summed E-state index contributed by atoms with van der Waals surface area (Å²) in [6.45, 7) is 9.17. The normalized spacial score (nSPS) is 47.2. The smallest absolute Gasteiger partial charge is 1.00 e. The summed E-state index contributed by atoms with van der Waals surface area (Å²) in [6.07, 6.45) is 26.1. The minimum absolute atomic E-state index is 0. The molecule has 0 bridgehead atoms. The van der Waals surface area contributed by atoms with Crippen LogP contribution in [0.5, 0.6) is 0 Å². The Bertz CT molecular complexity index is 1790. The van der Waals surface area contributed by atoms with E-state index in [1.54, 1.807) is 0 Å². The molecule has 2 N–H and O–H groups in total. The maximum atomic E-state index is 13.5. The molecule has 0 aromatic carbocycles. The molecular formula is C50H77BrK2N4O7. The number of carbonyl (C=O) groups is 3. The maximum Gasteiger partial charge on any atom is 1.00 e. The van der Waals surface area contributed by atoms with Gasteiger partial charge in [0.2, 0.25) is 0 Å². The zero-order chi connectivity index (χ0) is 43.8. The molecule has 0 amide bonds. The summed E-state index contributed by atoms with van der Waals surface area (Å²) in [5, 5.41) is 42.1. The third-order valence-electron chi connectivity index (χ3n) is 20.7. The van der Waals surface area contributed by atoms with Gasteiger partial charge in [-0.25, -0.2) is 0 Å². The number of aliphatic hydroxyl groups is 2. The Morgan fingerprint density at radius 2 is 1.09 bits per heavy atom. The first-order valence-corrected chi connectivity index (χ1v) is 26.2. The average Bonchev–Trinajstić information content (AvgIpc) is 4.17. The largest absolute Gasteiger partial charge is 1.00 e. The number of aromatic nitrogens is 4. The Kier molecular flexibility index (Phi) is 17.8. The summed E-state index contributed by atoms with van der Waals surface area (Å²) < 4.78 is 0. The Balaban J connectivity index is 0.000000192. The molecule has 0 spiro atoms. The summed E-state index contributed by atoms with van der Waals surface area (Å²) >= 11 is 3.49. The fourth-order valence-corrected chi connectivity index (χ4v) is 18.5. The molecule has 10 aliphatic rings. The van der Waals surface area contributed by atoms with Gasteiger partial charge in [0.15, 0.2) is 12.1 Å². The molecule has 1 heterocycles. The van der Waals surface area contributed by atoms with Crippen LogP contribution in [-0.2, 0) is 25.8 Å². The Labute approximate surface area is 477 Å². The standard InChI is InChI=1S/C25H38N4O2.C24H37BrO2.CH2O3.2K.H/c1-24(31)9-7-17-16(12-24)5-6-19-18(17)8-10-25(2)21(11-20(23(19)25)15-3-4-15)22(30)13-29-27-14-26-28-29;1-23(27)9-7-16-15(12-23)5-6-18-17(16)8-10-24(2)20(21(26)13-25)11-19(22(18)24)14-3-4-14;2-1-4-3;;;/h14-21,23,31H,3-13H2,1-2H3;14-20,22,27H,3-13H2,1-2H3;1,3H;;;/q;;;2*+1;-1/p-1/t16-,17+,18-,19-,20+,21-,23-,24-,25-;15-,16+,17-,18-,19+,20-,22-,23-,24-;;;;/m11..../s1. The second kappa shape index (κ2) is 21.3. The van der Waals surface area contributed by atoms with Crippen LogP contribution in [0.1, 0.15) is 158 Å². The summed E-state index contributed by atoms with van der Waals surface area (Å²) in [4.78, 5) is 39.0. The van der Waals surface area contributed by atoms with E-state index >= 15 is 0 Å². The van der Waals surface area contributed by atoms with E-state index in [0.29, 0.717) is 34.7 Å². The number of Topliss-reactive ketones (excluding diaryl/α,β-unsaturated/α-hetero) is 2. The molecule has 11 rings (SSSR count). The van der Waals surface area contributed by atoms with Crippen molar-refractivity contribution in [3.8, 4) is 0 Å². The van der Waals surface area contributed by atoms with Gasteiger partial charge in [0.1, 0.15) is 12.3 Å². The summed E-state index contributed by atoms with van der Waals surface area (Å²) in [7, 11) is 0. The van der Waals surface area contributed by atoms with Gasteiger partial charge in [0.05, 0.1) is 16.5 Å². The van der Waals surface area contributed by atoms with Crippen LogP contribution >= 0.6 is 15.9 Å². The number of tetrazole rings is 1. The first kappa shape index (κ1) is 53.3. The van der Waals surface area contributed by atoms with Crippen molar-refractivity contribution in [1.29, 1.82) is 0 Å². The topological polar surface area (TPSA) is 168 Å². The number of nitrogens with zero attached hydrogens (tertiary/aromatic N) is 4. The average molecular weight is 1000 g/mol. The molecule has 64 heavy (non-hydrogen) atoms. The molecule has 14 heteroatoms. The Hall–Kier alpha value is 1.51. The number of carbonyl (C=O) groups excluding carboxylic acids is 3. The molecule has 18 atom stereocenters. The number of hydrogen-bond acceptors (Lipinski definition) is 10. The Morgan fingerprint density at radius 1 is 0.672 bits per heavy atom.